The van der Waals surface area contributed by atoms with Crippen molar-refractivity contribution in [2.24, 2.45) is 23.2 Å². The second-order valence-electron chi connectivity index (χ2n) is 6.12. The van der Waals surface area contributed by atoms with Crippen molar-refractivity contribution in [3.8, 4) is 0 Å². The molecule has 2 aliphatic carbocycles. The van der Waals surface area contributed by atoms with E-state index in [9.17, 15) is 5.11 Å². The summed E-state index contributed by atoms with van der Waals surface area (Å²) >= 11 is 0. The highest BCUT2D eigenvalue weighted by Crippen LogP contribution is 2.58. The number of aliphatic hydroxyl groups excluding tert-OH is 1. The lowest BCUT2D eigenvalue weighted by atomic mass is 9.62. The normalized spacial score (nSPS) is 45.4. The molecule has 0 aromatic rings. The van der Waals surface area contributed by atoms with Gasteiger partial charge in [0.2, 0.25) is 0 Å². The molecule has 2 unspecified atom stereocenters. The summed E-state index contributed by atoms with van der Waals surface area (Å²) in [5.74, 6) is 1.87. The molecule has 0 radical (unpaired) electrons. The summed E-state index contributed by atoms with van der Waals surface area (Å²) in [6.07, 6.45) is 6.89. The van der Waals surface area contributed by atoms with Gasteiger partial charge < -0.3 is 9.84 Å². The van der Waals surface area contributed by atoms with Crippen LogP contribution in [0.25, 0.3) is 0 Å². The summed E-state index contributed by atoms with van der Waals surface area (Å²) in [5, 5.41) is 9.39. The summed E-state index contributed by atoms with van der Waals surface area (Å²) in [7, 11) is 1.86. The maximum absolute atomic E-state index is 9.39. The van der Waals surface area contributed by atoms with Crippen LogP contribution in [-0.4, -0.2) is 24.9 Å². The third-order valence-corrected chi connectivity index (χ3v) is 5.41. The van der Waals surface area contributed by atoms with Crippen LogP contribution in [0.1, 0.15) is 46.0 Å². The average Bonchev–Trinajstić information content (AvgIpc) is 2.64. The maximum Gasteiger partial charge on any atom is 0.0604 e. The van der Waals surface area contributed by atoms with Crippen LogP contribution < -0.4 is 0 Å². The number of methoxy groups -OCH3 is 1. The van der Waals surface area contributed by atoms with E-state index in [2.05, 4.69) is 13.8 Å². The first-order chi connectivity index (χ1) is 7.63. The van der Waals surface area contributed by atoms with Crippen LogP contribution in [0.3, 0.4) is 0 Å². The minimum atomic E-state index is 0.338. The molecule has 0 heterocycles. The lowest BCUT2D eigenvalue weighted by Gasteiger charge is -2.46. The van der Waals surface area contributed by atoms with Gasteiger partial charge in [-0.15, -0.1) is 0 Å². The number of hydrogen-bond acceptors (Lipinski definition) is 2. The Bertz CT molecular complexity index is 233. The van der Waals surface area contributed by atoms with E-state index in [4.69, 9.17) is 4.74 Å². The van der Waals surface area contributed by atoms with Gasteiger partial charge in [0, 0.05) is 13.7 Å². The lowest BCUT2D eigenvalue weighted by Crippen LogP contribution is -2.42. The first-order valence-corrected chi connectivity index (χ1v) is 6.77. The number of hydrogen-bond donors (Lipinski definition) is 1. The summed E-state index contributed by atoms with van der Waals surface area (Å²) in [6.45, 7) is 4.98. The molecule has 2 aliphatic rings. The van der Waals surface area contributed by atoms with Crippen molar-refractivity contribution in [3.05, 3.63) is 0 Å². The zero-order valence-electron chi connectivity index (χ0n) is 10.9. The highest BCUT2D eigenvalue weighted by atomic mass is 16.5. The summed E-state index contributed by atoms with van der Waals surface area (Å²) in [6, 6.07) is 0. The van der Waals surface area contributed by atoms with Gasteiger partial charge in [0.15, 0.2) is 0 Å². The SMILES string of the molecule is COC1CCC[C@@]2(C)C1CC[C@@H]2[C@H](C)CO. The Morgan fingerprint density at radius 2 is 2.12 bits per heavy atom. The Balaban J connectivity index is 2.17. The quantitative estimate of drug-likeness (QED) is 0.802. The molecule has 0 spiro atoms. The molecule has 0 aromatic carbocycles. The van der Waals surface area contributed by atoms with Crippen LogP contribution in [0.5, 0.6) is 0 Å². The fraction of sp³-hybridized carbons (Fsp3) is 1.00. The van der Waals surface area contributed by atoms with E-state index >= 15 is 0 Å². The van der Waals surface area contributed by atoms with Crippen LogP contribution in [0.4, 0.5) is 0 Å². The fourth-order valence-corrected chi connectivity index (χ4v) is 4.50. The standard InChI is InChI=1S/C14H26O2/c1-10(9-15)11-6-7-12-13(16-3)5-4-8-14(11,12)2/h10-13,15H,4-9H2,1-3H3/t10-,11-,12?,13?,14-/m1/s1. The van der Waals surface area contributed by atoms with Gasteiger partial charge in [0.05, 0.1) is 6.10 Å². The molecule has 0 aliphatic heterocycles. The van der Waals surface area contributed by atoms with Crippen molar-refractivity contribution in [3.63, 3.8) is 0 Å². The minimum absolute atomic E-state index is 0.338. The second-order valence-corrected chi connectivity index (χ2v) is 6.12. The van der Waals surface area contributed by atoms with Gasteiger partial charge in [-0.05, 0) is 48.9 Å². The Hall–Kier alpha value is -0.0800. The van der Waals surface area contributed by atoms with Crippen LogP contribution in [0.2, 0.25) is 0 Å². The van der Waals surface area contributed by atoms with Crippen molar-refractivity contribution in [2.45, 2.75) is 52.1 Å². The predicted molar refractivity (Wildman–Crippen MR) is 65.2 cm³/mol. The van der Waals surface area contributed by atoms with Crippen LogP contribution in [-0.2, 0) is 4.74 Å². The molecule has 2 fully saturated rings. The zero-order valence-corrected chi connectivity index (χ0v) is 10.9. The first kappa shape index (κ1) is 12.4. The van der Waals surface area contributed by atoms with E-state index in [1.807, 2.05) is 7.11 Å². The van der Waals surface area contributed by atoms with Crippen LogP contribution >= 0.6 is 0 Å². The first-order valence-electron chi connectivity index (χ1n) is 6.77. The third kappa shape index (κ3) is 1.80. The zero-order chi connectivity index (χ0) is 11.8. The van der Waals surface area contributed by atoms with E-state index in [0.29, 0.717) is 30.0 Å². The Morgan fingerprint density at radius 1 is 1.38 bits per heavy atom. The average molecular weight is 226 g/mol. The largest absolute Gasteiger partial charge is 0.396 e. The van der Waals surface area contributed by atoms with Gasteiger partial charge in [-0.1, -0.05) is 20.3 Å². The molecule has 0 aromatic heterocycles. The second kappa shape index (κ2) is 4.66. The molecule has 94 valence electrons. The Morgan fingerprint density at radius 3 is 2.75 bits per heavy atom. The molecule has 2 saturated carbocycles. The molecular weight excluding hydrogens is 200 g/mol. The minimum Gasteiger partial charge on any atom is -0.396 e. The van der Waals surface area contributed by atoms with E-state index in [1.165, 1.54) is 32.1 Å². The van der Waals surface area contributed by atoms with E-state index in [0.717, 1.165) is 5.92 Å². The predicted octanol–water partition coefficient (Wildman–Crippen LogP) is 2.85. The molecule has 0 amide bonds. The molecule has 5 atom stereocenters. The van der Waals surface area contributed by atoms with Gasteiger partial charge in [-0.2, -0.15) is 0 Å². The van der Waals surface area contributed by atoms with Crippen LogP contribution in [0, 0.1) is 23.2 Å². The van der Waals surface area contributed by atoms with Crippen molar-refractivity contribution >= 4 is 0 Å². The van der Waals surface area contributed by atoms with Crippen molar-refractivity contribution in [2.75, 3.05) is 13.7 Å². The molecule has 2 rings (SSSR count). The molecule has 0 saturated heterocycles. The molecule has 0 bridgehead atoms. The van der Waals surface area contributed by atoms with E-state index in [-0.39, 0.29) is 0 Å². The molecule has 2 heteroatoms. The number of ether oxygens (including phenoxy) is 1. The molecular formula is C14H26O2. The van der Waals surface area contributed by atoms with E-state index < -0.39 is 0 Å². The van der Waals surface area contributed by atoms with Crippen molar-refractivity contribution < 1.29 is 9.84 Å². The molecule has 2 nitrogen and oxygen atoms in total. The number of fused-ring (bicyclic) bond motifs is 1. The topological polar surface area (TPSA) is 29.5 Å². The summed E-state index contributed by atoms with van der Waals surface area (Å²) < 4.78 is 5.67. The number of aliphatic hydroxyl groups is 1. The Labute approximate surface area is 99.4 Å². The summed E-state index contributed by atoms with van der Waals surface area (Å²) in [4.78, 5) is 0. The Kier molecular flexibility index (Phi) is 3.60. The third-order valence-electron chi connectivity index (χ3n) is 5.41. The fourth-order valence-electron chi connectivity index (χ4n) is 4.50. The van der Waals surface area contributed by atoms with Crippen molar-refractivity contribution in [1.82, 2.24) is 0 Å². The highest BCUT2D eigenvalue weighted by molar-refractivity contribution is 5.01. The summed E-state index contributed by atoms with van der Waals surface area (Å²) in [5.41, 5.74) is 0.418. The monoisotopic (exact) mass is 226 g/mol. The number of rotatable bonds is 3. The van der Waals surface area contributed by atoms with Crippen LogP contribution in [0.15, 0.2) is 0 Å². The highest BCUT2D eigenvalue weighted by Gasteiger charge is 2.52. The van der Waals surface area contributed by atoms with Gasteiger partial charge in [0.1, 0.15) is 0 Å². The van der Waals surface area contributed by atoms with Gasteiger partial charge in [-0.25, -0.2) is 0 Å². The van der Waals surface area contributed by atoms with Crippen molar-refractivity contribution in [1.29, 1.82) is 0 Å². The smallest absolute Gasteiger partial charge is 0.0604 e. The molecule has 16 heavy (non-hydrogen) atoms. The van der Waals surface area contributed by atoms with Gasteiger partial charge in [-0.3, -0.25) is 0 Å². The van der Waals surface area contributed by atoms with E-state index in [1.54, 1.807) is 0 Å². The molecule has 1 N–H and O–H groups in total. The lowest BCUT2D eigenvalue weighted by molar-refractivity contribution is -0.0531. The maximum atomic E-state index is 9.39. The van der Waals surface area contributed by atoms with Gasteiger partial charge in [0.25, 0.3) is 0 Å². The van der Waals surface area contributed by atoms with Gasteiger partial charge >= 0.3 is 0 Å².